The van der Waals surface area contributed by atoms with Crippen molar-refractivity contribution < 1.29 is 18.3 Å². The van der Waals surface area contributed by atoms with Crippen molar-refractivity contribution in [2.45, 2.75) is 25.4 Å². The maximum absolute atomic E-state index is 12.9. The molecule has 0 fully saturated rings. The minimum absolute atomic E-state index is 0.119. The molecule has 1 aromatic rings. The Morgan fingerprint density at radius 1 is 1.42 bits per heavy atom. The number of rotatable bonds is 7. The van der Waals surface area contributed by atoms with E-state index in [9.17, 15) is 13.6 Å². The fourth-order valence-corrected chi connectivity index (χ4v) is 1.55. The van der Waals surface area contributed by atoms with Gasteiger partial charge in [-0.25, -0.2) is 8.78 Å². The van der Waals surface area contributed by atoms with Crippen LogP contribution in [0, 0.1) is 11.6 Å². The zero-order chi connectivity index (χ0) is 14.3. The van der Waals surface area contributed by atoms with Crippen molar-refractivity contribution in [2.24, 2.45) is 5.73 Å². The SMILES string of the molecule is COCCCC(N)C(=O)NCc1ccc(F)c(F)c1. The molecule has 0 aliphatic rings. The van der Waals surface area contributed by atoms with Crippen molar-refractivity contribution in [3.05, 3.63) is 35.4 Å². The summed E-state index contributed by atoms with van der Waals surface area (Å²) in [5.74, 6) is -2.16. The summed E-state index contributed by atoms with van der Waals surface area (Å²) in [7, 11) is 1.58. The number of hydrogen-bond donors (Lipinski definition) is 2. The molecule has 1 atom stereocenters. The Morgan fingerprint density at radius 2 is 2.16 bits per heavy atom. The second-order valence-corrected chi connectivity index (χ2v) is 4.21. The highest BCUT2D eigenvalue weighted by atomic mass is 19.2. The number of carbonyl (C=O) groups excluding carboxylic acids is 1. The third-order valence-electron chi connectivity index (χ3n) is 2.65. The number of benzene rings is 1. The van der Waals surface area contributed by atoms with E-state index in [1.807, 2.05) is 0 Å². The molecule has 0 heterocycles. The summed E-state index contributed by atoms with van der Waals surface area (Å²) in [6.45, 7) is 0.665. The van der Waals surface area contributed by atoms with Gasteiger partial charge in [-0.05, 0) is 30.5 Å². The Labute approximate surface area is 110 Å². The zero-order valence-corrected chi connectivity index (χ0v) is 10.8. The summed E-state index contributed by atoms with van der Waals surface area (Å²) in [6, 6.07) is 2.86. The molecule has 0 spiro atoms. The summed E-state index contributed by atoms with van der Waals surface area (Å²) in [4.78, 5) is 11.6. The van der Waals surface area contributed by atoms with Crippen molar-refractivity contribution in [1.29, 1.82) is 0 Å². The summed E-state index contributed by atoms with van der Waals surface area (Å²) >= 11 is 0. The lowest BCUT2D eigenvalue weighted by Crippen LogP contribution is -2.40. The number of halogens is 2. The van der Waals surface area contributed by atoms with E-state index < -0.39 is 17.7 Å². The van der Waals surface area contributed by atoms with Crippen LogP contribution >= 0.6 is 0 Å². The topological polar surface area (TPSA) is 64.3 Å². The van der Waals surface area contributed by atoms with Gasteiger partial charge in [-0.1, -0.05) is 6.07 Å². The Hall–Kier alpha value is -1.53. The summed E-state index contributed by atoms with van der Waals surface area (Å²) in [5.41, 5.74) is 6.16. The number of carbonyl (C=O) groups is 1. The number of ether oxygens (including phenoxy) is 1. The van der Waals surface area contributed by atoms with E-state index in [1.54, 1.807) is 7.11 Å². The molecule has 0 aromatic heterocycles. The maximum atomic E-state index is 12.9. The number of nitrogens with one attached hydrogen (secondary N) is 1. The summed E-state index contributed by atoms with van der Waals surface area (Å²) < 4.78 is 30.5. The second kappa shape index (κ2) is 7.81. The Kier molecular flexibility index (Phi) is 6.38. The van der Waals surface area contributed by atoms with Gasteiger partial charge in [0.05, 0.1) is 6.04 Å². The molecule has 19 heavy (non-hydrogen) atoms. The molecule has 6 heteroatoms. The fraction of sp³-hybridized carbons (Fsp3) is 0.462. The summed E-state index contributed by atoms with van der Waals surface area (Å²) in [5, 5.41) is 2.58. The number of methoxy groups -OCH3 is 1. The predicted octanol–water partition coefficient (Wildman–Crippen LogP) is 1.33. The first-order valence-electron chi connectivity index (χ1n) is 6.00. The molecule has 1 rings (SSSR count). The van der Waals surface area contributed by atoms with Crippen molar-refractivity contribution >= 4 is 5.91 Å². The molecule has 0 aliphatic carbocycles. The van der Waals surface area contributed by atoms with Gasteiger partial charge in [-0.15, -0.1) is 0 Å². The van der Waals surface area contributed by atoms with Crippen molar-refractivity contribution in [3.63, 3.8) is 0 Å². The molecule has 1 amide bonds. The molecule has 0 radical (unpaired) electrons. The van der Waals surface area contributed by atoms with E-state index in [0.717, 1.165) is 12.1 Å². The summed E-state index contributed by atoms with van der Waals surface area (Å²) in [6.07, 6.45) is 1.20. The van der Waals surface area contributed by atoms with Gasteiger partial charge in [0.2, 0.25) is 5.91 Å². The molecule has 1 unspecified atom stereocenters. The minimum Gasteiger partial charge on any atom is -0.385 e. The van der Waals surface area contributed by atoms with Crippen LogP contribution in [0.25, 0.3) is 0 Å². The first-order chi connectivity index (χ1) is 9.04. The van der Waals surface area contributed by atoms with E-state index in [-0.39, 0.29) is 12.5 Å². The third-order valence-corrected chi connectivity index (χ3v) is 2.65. The normalized spacial score (nSPS) is 12.2. The van der Waals surface area contributed by atoms with E-state index in [0.29, 0.717) is 25.0 Å². The van der Waals surface area contributed by atoms with Crippen LogP contribution in [0.4, 0.5) is 8.78 Å². The van der Waals surface area contributed by atoms with Crippen LogP contribution in [0.2, 0.25) is 0 Å². The first-order valence-corrected chi connectivity index (χ1v) is 6.00. The van der Waals surface area contributed by atoms with Crippen LogP contribution < -0.4 is 11.1 Å². The van der Waals surface area contributed by atoms with Gasteiger partial charge in [-0.2, -0.15) is 0 Å². The quantitative estimate of drug-likeness (QED) is 0.736. The van der Waals surface area contributed by atoms with Gasteiger partial charge in [0.25, 0.3) is 0 Å². The molecular weight excluding hydrogens is 254 g/mol. The van der Waals surface area contributed by atoms with E-state index in [2.05, 4.69) is 5.32 Å². The number of amides is 1. The van der Waals surface area contributed by atoms with Gasteiger partial charge in [0.15, 0.2) is 11.6 Å². The standard InChI is InChI=1S/C13H18F2N2O2/c1-19-6-2-3-12(16)13(18)17-8-9-4-5-10(14)11(15)7-9/h4-5,7,12H,2-3,6,8,16H2,1H3,(H,17,18). The molecule has 106 valence electrons. The number of nitrogens with two attached hydrogens (primary N) is 1. The average Bonchev–Trinajstić information content (AvgIpc) is 2.40. The molecule has 0 saturated carbocycles. The van der Waals surface area contributed by atoms with Gasteiger partial charge in [0, 0.05) is 20.3 Å². The highest BCUT2D eigenvalue weighted by Gasteiger charge is 2.12. The molecule has 0 bridgehead atoms. The minimum atomic E-state index is -0.934. The zero-order valence-electron chi connectivity index (χ0n) is 10.8. The maximum Gasteiger partial charge on any atom is 0.237 e. The van der Waals surface area contributed by atoms with Crippen molar-refractivity contribution in [1.82, 2.24) is 5.32 Å². The van der Waals surface area contributed by atoms with Crippen LogP contribution in [0.3, 0.4) is 0 Å². The predicted molar refractivity (Wildman–Crippen MR) is 67.3 cm³/mol. The van der Waals surface area contributed by atoms with Crippen molar-refractivity contribution in [2.75, 3.05) is 13.7 Å². The van der Waals surface area contributed by atoms with Crippen LogP contribution in [0.1, 0.15) is 18.4 Å². The lowest BCUT2D eigenvalue weighted by atomic mass is 10.1. The van der Waals surface area contributed by atoms with E-state index in [4.69, 9.17) is 10.5 Å². The third kappa shape index (κ3) is 5.32. The van der Waals surface area contributed by atoms with E-state index >= 15 is 0 Å². The Balaban J connectivity index is 2.38. The highest BCUT2D eigenvalue weighted by molar-refractivity contribution is 5.81. The monoisotopic (exact) mass is 272 g/mol. The molecule has 3 N–H and O–H groups in total. The van der Waals surface area contributed by atoms with Gasteiger partial charge in [0.1, 0.15) is 0 Å². The van der Waals surface area contributed by atoms with Crippen LogP contribution in [0.15, 0.2) is 18.2 Å². The molecular formula is C13H18F2N2O2. The first kappa shape index (κ1) is 15.5. The average molecular weight is 272 g/mol. The van der Waals surface area contributed by atoms with Crippen LogP contribution in [-0.2, 0) is 16.1 Å². The molecule has 0 aliphatic heterocycles. The van der Waals surface area contributed by atoms with Gasteiger partial charge < -0.3 is 15.8 Å². The Morgan fingerprint density at radius 3 is 2.79 bits per heavy atom. The lowest BCUT2D eigenvalue weighted by Gasteiger charge is -2.12. The second-order valence-electron chi connectivity index (χ2n) is 4.21. The smallest absolute Gasteiger partial charge is 0.237 e. The largest absolute Gasteiger partial charge is 0.385 e. The lowest BCUT2D eigenvalue weighted by molar-refractivity contribution is -0.122. The fourth-order valence-electron chi connectivity index (χ4n) is 1.55. The van der Waals surface area contributed by atoms with Gasteiger partial charge >= 0.3 is 0 Å². The highest BCUT2D eigenvalue weighted by Crippen LogP contribution is 2.08. The van der Waals surface area contributed by atoms with Crippen LogP contribution in [0.5, 0.6) is 0 Å². The molecule has 4 nitrogen and oxygen atoms in total. The van der Waals surface area contributed by atoms with Gasteiger partial charge in [-0.3, -0.25) is 4.79 Å². The van der Waals surface area contributed by atoms with E-state index in [1.165, 1.54) is 6.07 Å². The Bertz CT molecular complexity index is 427. The molecule has 1 aromatic carbocycles. The molecule has 0 saturated heterocycles. The number of hydrogen-bond acceptors (Lipinski definition) is 3. The van der Waals surface area contributed by atoms with Crippen molar-refractivity contribution in [3.8, 4) is 0 Å². The van der Waals surface area contributed by atoms with Crippen LogP contribution in [-0.4, -0.2) is 25.7 Å².